The van der Waals surface area contributed by atoms with E-state index in [9.17, 15) is 22.8 Å². The number of hydrogen-bond acceptors (Lipinski definition) is 9. The van der Waals surface area contributed by atoms with E-state index in [2.05, 4.69) is 192 Å². The SMILES string of the molecule is CC(C)Cc1ccc(CC(=O)Cc2ccccc2)cc1.CC(C)Cc1ccc(CC(=O)[C@@H](C)CO)cc1.CC(C)Cc1ccc(CS(=O)(=O)c2ccccc2)cc1.CC(C)Cc1ccc(OCCN2CCCCC2)cc1.CCCCCCc1ccc(CC(C)C)cc1.CCC[C@H](N)C(=O)Cc1ccc(CC(C)C)cc1. The summed E-state index contributed by atoms with van der Waals surface area (Å²) in [5, 5.41) is 8.91. The Morgan fingerprint density at radius 2 is 0.745 bits per heavy atom. The maximum Gasteiger partial charge on any atom is 0.182 e. The van der Waals surface area contributed by atoms with Gasteiger partial charge in [-0.1, -0.05) is 318 Å². The van der Waals surface area contributed by atoms with Crippen molar-refractivity contribution in [2.24, 2.45) is 47.2 Å². The van der Waals surface area contributed by atoms with Crippen molar-refractivity contribution < 1.29 is 32.6 Å². The van der Waals surface area contributed by atoms with Crippen molar-refractivity contribution in [3.8, 4) is 5.75 Å². The number of benzene rings is 8. The Morgan fingerprint density at radius 3 is 1.13 bits per heavy atom. The molecule has 10 heteroatoms. The Hall–Kier alpha value is -7.60. The summed E-state index contributed by atoms with van der Waals surface area (Å²) in [6.45, 7) is 37.0. The molecular formula is C100H142N2O7S. The van der Waals surface area contributed by atoms with Gasteiger partial charge in [0.05, 0.1) is 23.3 Å². The highest BCUT2D eigenvalue weighted by Crippen LogP contribution is 2.21. The van der Waals surface area contributed by atoms with Gasteiger partial charge in [-0.3, -0.25) is 19.3 Å². The molecule has 9 rings (SSSR count). The smallest absolute Gasteiger partial charge is 0.182 e. The molecule has 1 aliphatic heterocycles. The summed E-state index contributed by atoms with van der Waals surface area (Å²) in [5.41, 5.74) is 20.6. The van der Waals surface area contributed by atoms with Gasteiger partial charge in [-0.05, 0) is 210 Å². The third-order valence-corrected chi connectivity index (χ3v) is 20.7. The number of nitrogens with two attached hydrogens (primary N) is 1. The van der Waals surface area contributed by atoms with Crippen LogP contribution in [0.5, 0.6) is 5.75 Å². The number of hydrogen-bond donors (Lipinski definition) is 2. The lowest BCUT2D eigenvalue weighted by Gasteiger charge is -2.26. The molecule has 1 aliphatic rings. The first-order valence-corrected chi connectivity index (χ1v) is 43.4. The van der Waals surface area contributed by atoms with E-state index < -0.39 is 9.84 Å². The molecule has 0 aliphatic carbocycles. The van der Waals surface area contributed by atoms with Crippen molar-refractivity contribution in [1.29, 1.82) is 0 Å². The molecule has 600 valence electrons. The van der Waals surface area contributed by atoms with Crippen LogP contribution in [0.15, 0.2) is 211 Å². The third-order valence-electron chi connectivity index (χ3n) is 19.0. The number of sulfone groups is 1. The summed E-state index contributed by atoms with van der Waals surface area (Å²) < 4.78 is 30.4. The molecule has 8 aromatic carbocycles. The summed E-state index contributed by atoms with van der Waals surface area (Å²) in [7, 11) is -3.25. The van der Waals surface area contributed by atoms with Crippen LogP contribution in [0.3, 0.4) is 0 Å². The number of ketones is 3. The van der Waals surface area contributed by atoms with Crippen LogP contribution in [-0.2, 0) is 101 Å². The zero-order chi connectivity index (χ0) is 80.6. The predicted octanol–water partition coefficient (Wildman–Crippen LogP) is 22.6. The van der Waals surface area contributed by atoms with Gasteiger partial charge in [0, 0.05) is 38.1 Å². The van der Waals surface area contributed by atoms with Crippen LogP contribution in [0.25, 0.3) is 0 Å². The van der Waals surface area contributed by atoms with Crippen molar-refractivity contribution in [3.63, 3.8) is 0 Å². The van der Waals surface area contributed by atoms with E-state index >= 15 is 0 Å². The molecule has 0 aromatic heterocycles. The van der Waals surface area contributed by atoms with Gasteiger partial charge in [0.15, 0.2) is 15.6 Å². The van der Waals surface area contributed by atoms with Crippen LogP contribution in [0.1, 0.15) is 228 Å². The first-order valence-electron chi connectivity index (χ1n) is 41.7. The molecule has 0 spiro atoms. The van der Waals surface area contributed by atoms with E-state index in [1.54, 1.807) is 31.2 Å². The number of Topliss-reactive ketones (excluding diaryl/α,β-unsaturated/α-hetero) is 3. The summed E-state index contributed by atoms with van der Waals surface area (Å²) in [4.78, 5) is 38.4. The van der Waals surface area contributed by atoms with Gasteiger partial charge in [0.25, 0.3) is 0 Å². The highest BCUT2D eigenvalue weighted by atomic mass is 32.2. The standard InChI is InChI=1S/C19H22O.C17H27NO.C17H20O2S.C16H25NO.C16H26.C15H22O2/c1-15(2)12-17-8-10-18(11-9-17)14-19(20)13-16-6-4-3-5-7-16;1-15(2)14-16-6-8-17(9-7-16)19-13-12-18-10-4-3-5-11-18;1-14(2)12-15-8-10-16(11-9-15)13-20(18,19)17-6-4-3-5-7-17;1-4-5-15(17)16(18)11-14-8-6-13(7-9-14)10-12(2)3;1-4-5-6-7-8-15-9-11-16(12-10-15)13-14(2)3;1-11(2)8-13-4-6-14(7-5-13)9-15(17)12(3)10-16/h3-11,15H,12-14H2,1-2H3;6-9,15H,3-5,10-14H2,1-2H3;3-11,14H,12-13H2,1-2H3;6-9,12,15H,4-5,10-11,17H2,1-3H3;9-12,14H,4-8,13H2,1-3H3;4-7,11-12,16H,8-10H2,1-3H3/t;;;15-;;12-/m...0.0/s1. The van der Waals surface area contributed by atoms with Crippen LogP contribution < -0.4 is 10.5 Å². The quantitative estimate of drug-likeness (QED) is 0.0364. The fraction of sp³-hybridized carbons (Fsp3) is 0.490. The summed E-state index contributed by atoms with van der Waals surface area (Å²) >= 11 is 0. The number of likely N-dealkylation sites (tertiary alicyclic amines) is 1. The lowest BCUT2D eigenvalue weighted by atomic mass is 9.97. The van der Waals surface area contributed by atoms with Crippen molar-refractivity contribution in [3.05, 3.63) is 273 Å². The third kappa shape index (κ3) is 42.7. The topological polar surface area (TPSA) is 144 Å². The highest BCUT2D eigenvalue weighted by molar-refractivity contribution is 7.90. The number of carbonyl (C=O) groups is 3. The molecule has 1 heterocycles. The number of nitrogens with zero attached hydrogens (tertiary/aromatic N) is 1. The minimum absolute atomic E-state index is 0.0545. The van der Waals surface area contributed by atoms with E-state index in [-0.39, 0.29) is 41.7 Å². The Bertz CT molecular complexity index is 3820. The zero-order valence-electron chi connectivity index (χ0n) is 70.5. The Labute approximate surface area is 668 Å². The lowest BCUT2D eigenvalue weighted by molar-refractivity contribution is -0.123. The second-order valence-electron chi connectivity index (χ2n) is 33.1. The zero-order valence-corrected chi connectivity index (χ0v) is 71.3. The van der Waals surface area contributed by atoms with E-state index in [1.807, 2.05) is 91.9 Å². The maximum atomic E-state index is 12.3. The fourth-order valence-corrected chi connectivity index (χ4v) is 14.5. The average molecular weight is 1520 g/mol. The molecule has 0 unspecified atom stereocenters. The van der Waals surface area contributed by atoms with Crippen LogP contribution >= 0.6 is 0 Å². The summed E-state index contributed by atoms with van der Waals surface area (Å²) in [5.74, 6) is 5.38. The van der Waals surface area contributed by atoms with Gasteiger partial charge in [0.1, 0.15) is 23.9 Å². The van der Waals surface area contributed by atoms with Crippen molar-refractivity contribution in [1.82, 2.24) is 4.90 Å². The van der Waals surface area contributed by atoms with E-state index in [4.69, 9.17) is 15.6 Å². The molecular weight excluding hydrogens is 1370 g/mol. The van der Waals surface area contributed by atoms with Gasteiger partial charge in [0.2, 0.25) is 0 Å². The fourth-order valence-electron chi connectivity index (χ4n) is 13.1. The lowest BCUT2D eigenvalue weighted by Crippen LogP contribution is -2.33. The number of carbonyl (C=O) groups excluding carboxylic acids is 3. The number of piperidine rings is 1. The molecule has 1 fully saturated rings. The molecule has 9 nitrogen and oxygen atoms in total. The number of ether oxygens (including phenoxy) is 1. The predicted molar refractivity (Wildman–Crippen MR) is 466 cm³/mol. The molecule has 2 atom stereocenters. The maximum absolute atomic E-state index is 12.3. The van der Waals surface area contributed by atoms with E-state index in [0.717, 1.165) is 97.6 Å². The van der Waals surface area contributed by atoms with Gasteiger partial charge >= 0.3 is 0 Å². The first kappa shape index (κ1) is 94.8. The molecule has 8 aromatic rings. The van der Waals surface area contributed by atoms with Crippen molar-refractivity contribution in [2.75, 3.05) is 32.8 Å². The monoisotopic (exact) mass is 1520 g/mol. The molecule has 3 N–H and O–H groups in total. The highest BCUT2D eigenvalue weighted by Gasteiger charge is 2.17. The molecule has 0 bridgehead atoms. The minimum atomic E-state index is -3.25. The Morgan fingerprint density at radius 1 is 0.400 bits per heavy atom. The van der Waals surface area contributed by atoms with Crippen LogP contribution in [0.4, 0.5) is 0 Å². The summed E-state index contributed by atoms with van der Waals surface area (Å²) in [6.07, 6.45) is 21.1. The second kappa shape index (κ2) is 54.1. The Kier molecular flexibility index (Phi) is 46.6. The van der Waals surface area contributed by atoms with Gasteiger partial charge in [-0.25, -0.2) is 8.42 Å². The van der Waals surface area contributed by atoms with Gasteiger partial charge < -0.3 is 15.6 Å². The number of aryl methyl sites for hydroxylation is 1. The molecule has 110 heavy (non-hydrogen) atoms. The first-order chi connectivity index (χ1) is 52.6. The Balaban J connectivity index is 0.000000279. The largest absolute Gasteiger partial charge is 0.492 e. The van der Waals surface area contributed by atoms with E-state index in [1.165, 1.54) is 110 Å². The van der Waals surface area contributed by atoms with Gasteiger partial charge in [-0.15, -0.1) is 0 Å². The normalized spacial score (nSPS) is 12.6. The summed E-state index contributed by atoms with van der Waals surface area (Å²) in [6, 6.07) is 68.9. The van der Waals surface area contributed by atoms with Gasteiger partial charge in [-0.2, -0.15) is 0 Å². The molecule has 0 amide bonds. The second-order valence-corrected chi connectivity index (χ2v) is 35.1. The molecule has 1 saturated heterocycles. The number of aliphatic hydroxyl groups is 1. The van der Waals surface area contributed by atoms with E-state index in [0.29, 0.717) is 60.2 Å². The van der Waals surface area contributed by atoms with Crippen LogP contribution in [-0.4, -0.2) is 74.7 Å². The van der Waals surface area contributed by atoms with Crippen LogP contribution in [0, 0.1) is 41.4 Å². The molecule has 0 saturated carbocycles. The van der Waals surface area contributed by atoms with Crippen molar-refractivity contribution >= 4 is 27.2 Å². The average Bonchev–Trinajstić information content (AvgIpc) is 0.833. The number of rotatable bonds is 37. The minimum Gasteiger partial charge on any atom is -0.492 e. The number of unbranched alkanes of at least 4 members (excludes halogenated alkanes) is 3. The van der Waals surface area contributed by atoms with Crippen molar-refractivity contribution in [2.45, 2.75) is 249 Å². The number of aliphatic hydroxyl groups excluding tert-OH is 1. The molecule has 0 radical (unpaired) electrons. The van der Waals surface area contributed by atoms with Crippen LogP contribution in [0.2, 0.25) is 0 Å².